The van der Waals surface area contributed by atoms with Gasteiger partial charge in [0.05, 0.1) is 22.7 Å². The topological polar surface area (TPSA) is 93.8 Å². The first-order chi connectivity index (χ1) is 9.99. The first-order valence-corrected chi connectivity index (χ1v) is 6.01. The van der Waals surface area contributed by atoms with Crippen LogP contribution in [0.3, 0.4) is 0 Å². The molecule has 0 saturated heterocycles. The first kappa shape index (κ1) is 14.8. The molecule has 1 amide bonds. The van der Waals surface area contributed by atoms with Crippen LogP contribution in [0.2, 0.25) is 0 Å². The van der Waals surface area contributed by atoms with Crippen LogP contribution in [0.15, 0.2) is 29.4 Å². The van der Waals surface area contributed by atoms with Crippen LogP contribution in [0.4, 0.5) is 14.5 Å². The predicted octanol–water partition coefficient (Wildman–Crippen LogP) is 1.47. The van der Waals surface area contributed by atoms with Crippen molar-refractivity contribution in [3.05, 3.63) is 39.9 Å². The summed E-state index contributed by atoms with van der Waals surface area (Å²) < 4.78 is 24.0. The lowest BCUT2D eigenvalue weighted by Crippen LogP contribution is -2.37. The lowest BCUT2D eigenvalue weighted by Gasteiger charge is -2.08. The first-order valence-electron chi connectivity index (χ1n) is 6.01. The monoisotopic (exact) mass is 299 g/mol. The molecule has 0 bridgehead atoms. The van der Waals surface area contributed by atoms with Crippen molar-refractivity contribution >= 4 is 17.3 Å². The van der Waals surface area contributed by atoms with Gasteiger partial charge < -0.3 is 10.2 Å². The lowest BCUT2D eigenvalue weighted by molar-refractivity contribution is -0.385. The van der Waals surface area contributed by atoms with Gasteiger partial charge in [-0.1, -0.05) is 17.3 Å². The van der Waals surface area contributed by atoms with Crippen molar-refractivity contribution < 1.29 is 23.3 Å². The van der Waals surface area contributed by atoms with Gasteiger partial charge in [0.1, 0.15) is 0 Å². The Morgan fingerprint density at radius 2 is 2.24 bits per heavy atom. The van der Waals surface area contributed by atoms with Crippen molar-refractivity contribution in [2.75, 3.05) is 6.54 Å². The fourth-order valence-electron chi connectivity index (χ4n) is 1.85. The Morgan fingerprint density at radius 3 is 2.90 bits per heavy atom. The van der Waals surface area contributed by atoms with E-state index in [0.717, 1.165) is 0 Å². The highest BCUT2D eigenvalue weighted by Crippen LogP contribution is 2.24. The Balaban J connectivity index is 2.06. The Kier molecular flexibility index (Phi) is 4.41. The summed E-state index contributed by atoms with van der Waals surface area (Å²) in [5.41, 5.74) is 0.319. The normalized spacial score (nSPS) is 17.3. The number of nitro groups is 1. The zero-order valence-corrected chi connectivity index (χ0v) is 10.7. The van der Waals surface area contributed by atoms with Crippen molar-refractivity contribution in [1.29, 1.82) is 0 Å². The molecular formula is C12H11F2N3O4. The number of carbonyl (C=O) groups excluding carboxylic acids is 1. The summed E-state index contributed by atoms with van der Waals surface area (Å²) in [6, 6.07) is 5.89. The number of carbonyl (C=O) groups is 1. The summed E-state index contributed by atoms with van der Waals surface area (Å²) in [5, 5.41) is 16.6. The highest BCUT2D eigenvalue weighted by atomic mass is 19.3. The molecule has 21 heavy (non-hydrogen) atoms. The van der Waals surface area contributed by atoms with Crippen LogP contribution in [0.1, 0.15) is 12.0 Å². The second-order valence-electron chi connectivity index (χ2n) is 4.25. The van der Waals surface area contributed by atoms with Crippen LogP contribution in [-0.2, 0) is 9.63 Å². The molecule has 0 fully saturated rings. The number of amides is 1. The van der Waals surface area contributed by atoms with Gasteiger partial charge in [0.2, 0.25) is 6.10 Å². The maximum absolute atomic E-state index is 12.0. The van der Waals surface area contributed by atoms with E-state index >= 15 is 0 Å². The van der Waals surface area contributed by atoms with Gasteiger partial charge in [-0.05, 0) is 6.07 Å². The highest BCUT2D eigenvalue weighted by molar-refractivity contribution is 6.06. The van der Waals surface area contributed by atoms with E-state index in [4.69, 9.17) is 4.84 Å². The largest absolute Gasteiger partial charge is 0.382 e. The van der Waals surface area contributed by atoms with Gasteiger partial charge in [-0.2, -0.15) is 0 Å². The third-order valence-electron chi connectivity index (χ3n) is 2.80. The molecule has 1 aliphatic rings. The summed E-state index contributed by atoms with van der Waals surface area (Å²) in [6.45, 7) is -0.778. The van der Waals surface area contributed by atoms with E-state index in [2.05, 4.69) is 5.16 Å². The zero-order valence-electron chi connectivity index (χ0n) is 10.7. The molecule has 0 aromatic heterocycles. The average Bonchev–Trinajstić information content (AvgIpc) is 2.94. The predicted molar refractivity (Wildman–Crippen MR) is 68.1 cm³/mol. The van der Waals surface area contributed by atoms with Crippen molar-refractivity contribution in [1.82, 2.24) is 5.32 Å². The fourth-order valence-corrected chi connectivity index (χ4v) is 1.85. The number of rotatable bonds is 5. The molecule has 0 spiro atoms. The number of nitro benzene ring substituents is 1. The number of para-hydroxylation sites is 1. The van der Waals surface area contributed by atoms with Crippen molar-refractivity contribution in [3.63, 3.8) is 0 Å². The molecular weight excluding hydrogens is 288 g/mol. The number of nitrogens with zero attached hydrogens (tertiary/aromatic N) is 2. The molecule has 7 nitrogen and oxygen atoms in total. The number of halogens is 2. The minimum atomic E-state index is -2.66. The Hall–Kier alpha value is -2.58. The number of nitrogens with one attached hydrogen (secondary N) is 1. The Labute approximate surface area is 117 Å². The van der Waals surface area contributed by atoms with Crippen molar-refractivity contribution in [2.24, 2.45) is 5.16 Å². The van der Waals surface area contributed by atoms with Gasteiger partial charge in [0.25, 0.3) is 18.0 Å². The maximum Gasteiger partial charge on any atom is 0.278 e. The molecule has 0 saturated carbocycles. The average molecular weight is 299 g/mol. The van der Waals surface area contributed by atoms with Gasteiger partial charge in [-0.15, -0.1) is 0 Å². The van der Waals surface area contributed by atoms with Crippen LogP contribution in [-0.4, -0.2) is 35.6 Å². The third kappa shape index (κ3) is 3.50. The zero-order chi connectivity index (χ0) is 15.4. The number of alkyl halides is 2. The molecule has 2 rings (SSSR count). The SMILES string of the molecule is O=C(NCC(F)F)[C@@H]1CC(c2ccccc2[N+](=O)[O-])=NO1. The minimum Gasteiger partial charge on any atom is -0.382 e. The van der Waals surface area contributed by atoms with E-state index < -0.39 is 29.9 Å². The number of benzene rings is 1. The van der Waals surface area contributed by atoms with E-state index in [0.29, 0.717) is 0 Å². The smallest absolute Gasteiger partial charge is 0.278 e. The quantitative estimate of drug-likeness (QED) is 0.658. The molecule has 112 valence electrons. The summed E-state index contributed by atoms with van der Waals surface area (Å²) in [4.78, 5) is 26.8. The molecule has 1 aliphatic heterocycles. The molecule has 1 atom stereocenters. The van der Waals surface area contributed by atoms with Gasteiger partial charge in [0, 0.05) is 12.5 Å². The van der Waals surface area contributed by atoms with Gasteiger partial charge >= 0.3 is 0 Å². The molecule has 1 aromatic rings. The minimum absolute atomic E-state index is 0.0140. The maximum atomic E-state index is 12.0. The van der Waals surface area contributed by atoms with Crippen LogP contribution in [0, 0.1) is 10.1 Å². The molecule has 0 radical (unpaired) electrons. The van der Waals surface area contributed by atoms with Gasteiger partial charge in [0.15, 0.2) is 0 Å². The summed E-state index contributed by atoms with van der Waals surface area (Å²) >= 11 is 0. The summed E-state index contributed by atoms with van der Waals surface area (Å²) in [6.07, 6.45) is -3.73. The van der Waals surface area contributed by atoms with E-state index in [1.807, 2.05) is 5.32 Å². The standard InChI is InChI=1S/C12H11F2N3O4/c13-11(14)6-15-12(18)10-5-8(16-21-10)7-3-1-2-4-9(7)17(19)20/h1-4,10-11H,5-6H2,(H,15,18)/t10-/m0/s1. The summed E-state index contributed by atoms with van der Waals surface area (Å²) in [5.74, 6) is -0.729. The second kappa shape index (κ2) is 6.25. The Bertz CT molecular complexity index is 592. The molecule has 1 heterocycles. The van der Waals surface area contributed by atoms with E-state index in [1.54, 1.807) is 6.07 Å². The van der Waals surface area contributed by atoms with Gasteiger partial charge in [-0.25, -0.2) is 8.78 Å². The fraction of sp³-hybridized carbons (Fsp3) is 0.333. The molecule has 0 unspecified atom stereocenters. The Morgan fingerprint density at radius 1 is 1.52 bits per heavy atom. The lowest BCUT2D eigenvalue weighted by atomic mass is 10.0. The number of hydrogen-bond donors (Lipinski definition) is 1. The number of hydrogen-bond acceptors (Lipinski definition) is 5. The molecule has 9 heteroatoms. The molecule has 1 N–H and O–H groups in total. The van der Waals surface area contributed by atoms with Crippen LogP contribution < -0.4 is 5.32 Å². The number of oxime groups is 1. The third-order valence-corrected chi connectivity index (χ3v) is 2.80. The van der Waals surface area contributed by atoms with Crippen molar-refractivity contribution in [2.45, 2.75) is 19.0 Å². The van der Waals surface area contributed by atoms with E-state index in [-0.39, 0.29) is 23.4 Å². The second-order valence-corrected chi connectivity index (χ2v) is 4.25. The van der Waals surface area contributed by atoms with E-state index in [1.165, 1.54) is 18.2 Å². The van der Waals surface area contributed by atoms with Crippen LogP contribution in [0.5, 0.6) is 0 Å². The molecule has 1 aromatic carbocycles. The summed E-state index contributed by atoms with van der Waals surface area (Å²) in [7, 11) is 0. The van der Waals surface area contributed by atoms with Crippen molar-refractivity contribution in [3.8, 4) is 0 Å². The highest BCUT2D eigenvalue weighted by Gasteiger charge is 2.31. The van der Waals surface area contributed by atoms with E-state index in [9.17, 15) is 23.7 Å². The van der Waals surface area contributed by atoms with Crippen LogP contribution in [0.25, 0.3) is 0 Å². The van der Waals surface area contributed by atoms with Crippen LogP contribution >= 0.6 is 0 Å². The van der Waals surface area contributed by atoms with Gasteiger partial charge in [-0.3, -0.25) is 14.9 Å². The molecule has 0 aliphatic carbocycles.